The topological polar surface area (TPSA) is 30.5 Å². The van der Waals surface area contributed by atoms with Crippen molar-refractivity contribution in [1.29, 1.82) is 0 Å². The van der Waals surface area contributed by atoms with Crippen LogP contribution in [0.3, 0.4) is 0 Å². The first-order chi connectivity index (χ1) is 9.21. The van der Waals surface area contributed by atoms with Crippen molar-refractivity contribution < 1.29 is 9.47 Å². The summed E-state index contributed by atoms with van der Waals surface area (Å²) in [6.07, 6.45) is 1.96. The van der Waals surface area contributed by atoms with Crippen molar-refractivity contribution in [3.8, 4) is 5.75 Å². The molecule has 1 aromatic carbocycles. The second kappa shape index (κ2) is 9.18. The number of hydrogen-bond acceptors (Lipinski definition) is 3. The summed E-state index contributed by atoms with van der Waals surface area (Å²) >= 11 is 6.06. The average Bonchev–Trinajstić information content (AvgIpc) is 2.42. The van der Waals surface area contributed by atoms with Gasteiger partial charge in [-0.3, -0.25) is 0 Å². The molecule has 1 rings (SSSR count). The summed E-state index contributed by atoms with van der Waals surface area (Å²) in [5.74, 6) is 0.879. The summed E-state index contributed by atoms with van der Waals surface area (Å²) in [5.41, 5.74) is 1.11. The normalized spacial score (nSPS) is 12.4. The van der Waals surface area contributed by atoms with Gasteiger partial charge in [-0.05, 0) is 50.1 Å². The molecule has 0 fully saturated rings. The van der Waals surface area contributed by atoms with Crippen LogP contribution in [0.2, 0.25) is 5.02 Å². The number of halogens is 1. The van der Waals surface area contributed by atoms with E-state index in [1.54, 1.807) is 7.11 Å². The molecule has 0 bridgehead atoms. The Labute approximate surface area is 121 Å². The van der Waals surface area contributed by atoms with Crippen LogP contribution in [0.1, 0.15) is 25.8 Å². The zero-order valence-electron chi connectivity index (χ0n) is 12.0. The first-order valence-electron chi connectivity index (χ1n) is 6.84. The Hall–Kier alpha value is -0.770. The third-order valence-electron chi connectivity index (χ3n) is 2.91. The Morgan fingerprint density at radius 3 is 2.74 bits per heavy atom. The molecule has 4 heteroatoms. The molecule has 0 aliphatic carbocycles. The summed E-state index contributed by atoms with van der Waals surface area (Å²) in [6.45, 7) is 6.59. The fraction of sp³-hybridized carbons (Fsp3) is 0.600. The van der Waals surface area contributed by atoms with E-state index in [2.05, 4.69) is 12.2 Å². The van der Waals surface area contributed by atoms with Crippen molar-refractivity contribution in [2.75, 3.05) is 26.9 Å². The number of benzene rings is 1. The van der Waals surface area contributed by atoms with Crippen LogP contribution in [-0.2, 0) is 11.2 Å². The van der Waals surface area contributed by atoms with Gasteiger partial charge in [-0.15, -0.1) is 0 Å². The molecule has 19 heavy (non-hydrogen) atoms. The molecular formula is C15H24ClNO2. The van der Waals surface area contributed by atoms with Gasteiger partial charge in [0.25, 0.3) is 0 Å². The molecule has 1 atom stereocenters. The van der Waals surface area contributed by atoms with Crippen LogP contribution in [0.4, 0.5) is 0 Å². The van der Waals surface area contributed by atoms with E-state index in [-0.39, 0.29) is 6.04 Å². The van der Waals surface area contributed by atoms with Crippen LogP contribution < -0.4 is 10.1 Å². The van der Waals surface area contributed by atoms with E-state index in [1.165, 1.54) is 0 Å². The zero-order chi connectivity index (χ0) is 14.1. The van der Waals surface area contributed by atoms with Crippen molar-refractivity contribution in [3.63, 3.8) is 0 Å². The van der Waals surface area contributed by atoms with Gasteiger partial charge in [-0.25, -0.2) is 0 Å². The molecule has 108 valence electrons. The predicted molar refractivity (Wildman–Crippen MR) is 80.3 cm³/mol. The van der Waals surface area contributed by atoms with Crippen LogP contribution in [0.15, 0.2) is 18.2 Å². The van der Waals surface area contributed by atoms with E-state index in [0.717, 1.165) is 42.3 Å². The van der Waals surface area contributed by atoms with E-state index in [4.69, 9.17) is 21.1 Å². The molecule has 3 nitrogen and oxygen atoms in total. The molecule has 0 spiro atoms. The van der Waals surface area contributed by atoms with E-state index >= 15 is 0 Å². The Morgan fingerprint density at radius 1 is 1.32 bits per heavy atom. The smallest absolute Gasteiger partial charge is 0.122 e. The van der Waals surface area contributed by atoms with Crippen molar-refractivity contribution in [2.24, 2.45) is 0 Å². The lowest BCUT2D eigenvalue weighted by molar-refractivity contribution is 0.122. The fourth-order valence-electron chi connectivity index (χ4n) is 1.97. The molecule has 1 N–H and O–H groups in total. The highest BCUT2D eigenvalue weighted by Gasteiger charge is 2.12. The van der Waals surface area contributed by atoms with Gasteiger partial charge in [0, 0.05) is 17.7 Å². The van der Waals surface area contributed by atoms with Crippen molar-refractivity contribution in [1.82, 2.24) is 5.32 Å². The maximum absolute atomic E-state index is 6.06. The molecule has 0 aliphatic rings. The Balaban J connectivity index is 2.72. The maximum atomic E-state index is 6.06. The lowest BCUT2D eigenvalue weighted by Crippen LogP contribution is -2.36. The number of nitrogens with one attached hydrogen (secondary N) is 1. The third-order valence-corrected chi connectivity index (χ3v) is 3.15. The minimum atomic E-state index is 0.285. The van der Waals surface area contributed by atoms with Crippen LogP contribution >= 0.6 is 11.6 Å². The Morgan fingerprint density at radius 2 is 2.11 bits per heavy atom. The Bertz CT molecular complexity index is 363. The van der Waals surface area contributed by atoms with Crippen molar-refractivity contribution in [2.45, 2.75) is 32.7 Å². The lowest BCUT2D eigenvalue weighted by atomic mass is 10.1. The molecule has 0 heterocycles. The largest absolute Gasteiger partial charge is 0.496 e. The van der Waals surface area contributed by atoms with Crippen LogP contribution in [0, 0.1) is 0 Å². The standard InChI is InChI=1S/C15H24ClNO2/c1-4-8-17-14(11-19-5-2)10-12-9-13(16)6-7-15(12)18-3/h6-7,9,14,17H,4-5,8,10-11H2,1-3H3. The average molecular weight is 286 g/mol. The van der Waals surface area contributed by atoms with Gasteiger partial charge in [0.05, 0.1) is 13.7 Å². The molecule has 0 saturated carbocycles. The summed E-state index contributed by atoms with van der Waals surface area (Å²) in [7, 11) is 1.68. The van der Waals surface area contributed by atoms with Crippen LogP contribution in [0.5, 0.6) is 5.75 Å². The third kappa shape index (κ3) is 5.81. The fourth-order valence-corrected chi connectivity index (χ4v) is 2.17. The summed E-state index contributed by atoms with van der Waals surface area (Å²) < 4.78 is 10.9. The van der Waals surface area contributed by atoms with E-state index in [9.17, 15) is 0 Å². The van der Waals surface area contributed by atoms with Gasteiger partial charge in [-0.1, -0.05) is 18.5 Å². The first-order valence-corrected chi connectivity index (χ1v) is 7.22. The van der Waals surface area contributed by atoms with Gasteiger partial charge < -0.3 is 14.8 Å². The highest BCUT2D eigenvalue weighted by Crippen LogP contribution is 2.24. The number of rotatable bonds is 9. The van der Waals surface area contributed by atoms with Crippen molar-refractivity contribution >= 4 is 11.6 Å². The molecule has 0 aromatic heterocycles. The van der Waals surface area contributed by atoms with E-state index in [0.29, 0.717) is 6.61 Å². The Kier molecular flexibility index (Phi) is 7.87. The second-order valence-electron chi connectivity index (χ2n) is 4.47. The maximum Gasteiger partial charge on any atom is 0.122 e. The highest BCUT2D eigenvalue weighted by molar-refractivity contribution is 6.30. The summed E-state index contributed by atoms with van der Waals surface area (Å²) in [4.78, 5) is 0. The van der Waals surface area contributed by atoms with Gasteiger partial charge >= 0.3 is 0 Å². The predicted octanol–water partition coefficient (Wildman–Crippen LogP) is 3.30. The zero-order valence-corrected chi connectivity index (χ0v) is 12.8. The van der Waals surface area contributed by atoms with E-state index in [1.807, 2.05) is 25.1 Å². The minimum absolute atomic E-state index is 0.285. The second-order valence-corrected chi connectivity index (χ2v) is 4.91. The van der Waals surface area contributed by atoms with Gasteiger partial charge in [0.15, 0.2) is 0 Å². The van der Waals surface area contributed by atoms with Crippen molar-refractivity contribution in [3.05, 3.63) is 28.8 Å². The van der Waals surface area contributed by atoms with Crippen LogP contribution in [-0.4, -0.2) is 32.9 Å². The molecule has 0 aliphatic heterocycles. The lowest BCUT2D eigenvalue weighted by Gasteiger charge is -2.20. The molecular weight excluding hydrogens is 262 g/mol. The summed E-state index contributed by atoms with van der Waals surface area (Å²) in [6, 6.07) is 6.01. The monoisotopic (exact) mass is 285 g/mol. The molecule has 0 saturated heterocycles. The van der Waals surface area contributed by atoms with E-state index < -0.39 is 0 Å². The van der Waals surface area contributed by atoms with Gasteiger partial charge in [0.2, 0.25) is 0 Å². The van der Waals surface area contributed by atoms with Crippen LogP contribution in [0.25, 0.3) is 0 Å². The van der Waals surface area contributed by atoms with Gasteiger partial charge in [0.1, 0.15) is 5.75 Å². The number of methoxy groups -OCH3 is 1. The molecule has 1 unspecified atom stereocenters. The highest BCUT2D eigenvalue weighted by atomic mass is 35.5. The molecule has 0 radical (unpaired) electrons. The first kappa shape index (κ1) is 16.3. The van der Waals surface area contributed by atoms with Gasteiger partial charge in [-0.2, -0.15) is 0 Å². The quantitative estimate of drug-likeness (QED) is 0.755. The molecule has 1 aromatic rings. The summed E-state index contributed by atoms with van der Waals surface area (Å²) in [5, 5.41) is 4.24. The SMILES string of the molecule is CCCNC(COCC)Cc1cc(Cl)ccc1OC. The minimum Gasteiger partial charge on any atom is -0.496 e. The number of ether oxygens (including phenoxy) is 2. The number of hydrogen-bond donors (Lipinski definition) is 1. The molecule has 0 amide bonds.